The van der Waals surface area contributed by atoms with Gasteiger partial charge in [-0.1, -0.05) is 23.7 Å². The van der Waals surface area contributed by atoms with Gasteiger partial charge in [-0.25, -0.2) is 0 Å². The molecular formula is C10H11ClO. The van der Waals surface area contributed by atoms with Gasteiger partial charge in [-0.05, 0) is 30.5 Å². The Morgan fingerprint density at radius 2 is 2.17 bits per heavy atom. The molecule has 0 amide bonds. The Bertz CT molecular complexity index is 292. The van der Waals surface area contributed by atoms with Gasteiger partial charge < -0.3 is 5.11 Å². The van der Waals surface area contributed by atoms with E-state index in [1.807, 2.05) is 24.3 Å². The highest BCUT2D eigenvalue weighted by Crippen LogP contribution is 2.38. The third kappa shape index (κ3) is 1.79. The van der Waals surface area contributed by atoms with Crippen molar-refractivity contribution < 1.29 is 5.11 Å². The standard InChI is InChI=1S/C10H11ClO/c11-9-3-1-2-8(6-9)7-10(12)4-5-10/h1-3,6,12H,4-5,7H2. The average molecular weight is 183 g/mol. The molecule has 1 saturated carbocycles. The summed E-state index contributed by atoms with van der Waals surface area (Å²) in [6, 6.07) is 7.69. The molecule has 1 nitrogen and oxygen atoms in total. The van der Waals surface area contributed by atoms with Crippen LogP contribution < -0.4 is 0 Å². The van der Waals surface area contributed by atoms with E-state index in [0.717, 1.165) is 29.8 Å². The van der Waals surface area contributed by atoms with Crippen molar-refractivity contribution in [1.82, 2.24) is 0 Å². The van der Waals surface area contributed by atoms with Crippen LogP contribution in [0, 0.1) is 0 Å². The zero-order valence-electron chi connectivity index (χ0n) is 6.76. The molecule has 1 aromatic carbocycles. The van der Waals surface area contributed by atoms with Crippen molar-refractivity contribution in [3.63, 3.8) is 0 Å². The first kappa shape index (κ1) is 8.09. The fraction of sp³-hybridized carbons (Fsp3) is 0.400. The fourth-order valence-corrected chi connectivity index (χ4v) is 1.56. The van der Waals surface area contributed by atoms with Gasteiger partial charge in [0.1, 0.15) is 0 Å². The topological polar surface area (TPSA) is 20.2 Å². The van der Waals surface area contributed by atoms with E-state index in [1.54, 1.807) is 0 Å². The van der Waals surface area contributed by atoms with Crippen LogP contribution in [-0.4, -0.2) is 10.7 Å². The van der Waals surface area contributed by atoms with Crippen LogP contribution in [0.5, 0.6) is 0 Å². The van der Waals surface area contributed by atoms with Gasteiger partial charge in [0.05, 0.1) is 5.60 Å². The highest BCUT2D eigenvalue weighted by molar-refractivity contribution is 6.30. The molecule has 0 saturated heterocycles. The Labute approximate surface area is 77.0 Å². The number of benzene rings is 1. The Hall–Kier alpha value is -0.530. The molecule has 0 aromatic heterocycles. The van der Waals surface area contributed by atoms with Gasteiger partial charge in [-0.2, -0.15) is 0 Å². The highest BCUT2D eigenvalue weighted by atomic mass is 35.5. The third-order valence-electron chi connectivity index (χ3n) is 2.25. The summed E-state index contributed by atoms with van der Waals surface area (Å²) >= 11 is 5.81. The van der Waals surface area contributed by atoms with Gasteiger partial charge >= 0.3 is 0 Å². The predicted octanol–water partition coefficient (Wildman–Crippen LogP) is 2.41. The SMILES string of the molecule is OC1(Cc2cccc(Cl)c2)CC1. The van der Waals surface area contributed by atoms with E-state index in [-0.39, 0.29) is 0 Å². The lowest BCUT2D eigenvalue weighted by molar-refractivity contribution is 0.151. The second kappa shape index (κ2) is 2.75. The lowest BCUT2D eigenvalue weighted by Gasteiger charge is -2.06. The summed E-state index contributed by atoms with van der Waals surface area (Å²) in [6.45, 7) is 0. The van der Waals surface area contributed by atoms with Crippen LogP contribution in [0.2, 0.25) is 5.02 Å². The van der Waals surface area contributed by atoms with Crippen LogP contribution >= 0.6 is 11.6 Å². The van der Waals surface area contributed by atoms with Gasteiger partial charge in [-0.15, -0.1) is 0 Å². The molecule has 0 radical (unpaired) electrons. The first-order valence-electron chi connectivity index (χ1n) is 4.15. The van der Waals surface area contributed by atoms with Gasteiger partial charge in [-0.3, -0.25) is 0 Å². The summed E-state index contributed by atoms with van der Waals surface area (Å²) in [5, 5.41) is 10.4. The number of hydrogen-bond donors (Lipinski definition) is 1. The van der Waals surface area contributed by atoms with Gasteiger partial charge in [0.2, 0.25) is 0 Å². The Morgan fingerprint density at radius 3 is 2.75 bits per heavy atom. The molecule has 64 valence electrons. The molecule has 2 rings (SSSR count). The minimum Gasteiger partial charge on any atom is -0.390 e. The molecule has 1 aromatic rings. The summed E-state index contributed by atoms with van der Waals surface area (Å²) in [4.78, 5) is 0. The molecule has 0 atom stereocenters. The lowest BCUT2D eigenvalue weighted by Crippen LogP contribution is -2.10. The van der Waals surface area contributed by atoms with E-state index >= 15 is 0 Å². The maximum absolute atomic E-state index is 9.63. The van der Waals surface area contributed by atoms with Crippen LogP contribution in [0.25, 0.3) is 0 Å². The van der Waals surface area contributed by atoms with E-state index in [9.17, 15) is 5.11 Å². The molecule has 1 aliphatic carbocycles. The van der Waals surface area contributed by atoms with Crippen molar-refractivity contribution >= 4 is 11.6 Å². The van der Waals surface area contributed by atoms with Gasteiger partial charge in [0, 0.05) is 11.4 Å². The Kier molecular flexibility index (Phi) is 1.85. The van der Waals surface area contributed by atoms with Gasteiger partial charge in [0.25, 0.3) is 0 Å². The second-order valence-electron chi connectivity index (χ2n) is 3.53. The molecule has 0 bridgehead atoms. The number of halogens is 1. The van der Waals surface area contributed by atoms with Crippen molar-refractivity contribution in [2.45, 2.75) is 24.9 Å². The van der Waals surface area contributed by atoms with Crippen molar-refractivity contribution in [3.8, 4) is 0 Å². The van der Waals surface area contributed by atoms with Crippen molar-refractivity contribution in [2.24, 2.45) is 0 Å². The number of rotatable bonds is 2. The third-order valence-corrected chi connectivity index (χ3v) is 2.48. The van der Waals surface area contributed by atoms with Crippen LogP contribution in [0.15, 0.2) is 24.3 Å². The maximum Gasteiger partial charge on any atom is 0.0690 e. The van der Waals surface area contributed by atoms with Crippen LogP contribution in [0.1, 0.15) is 18.4 Å². The van der Waals surface area contributed by atoms with E-state index in [1.165, 1.54) is 0 Å². The molecule has 1 fully saturated rings. The smallest absolute Gasteiger partial charge is 0.0690 e. The normalized spacial score (nSPS) is 19.2. The van der Waals surface area contributed by atoms with Crippen LogP contribution in [0.3, 0.4) is 0 Å². The summed E-state index contributed by atoms with van der Waals surface area (Å²) in [5.41, 5.74) is 0.715. The molecule has 1 aliphatic rings. The number of aliphatic hydroxyl groups is 1. The highest BCUT2D eigenvalue weighted by Gasteiger charge is 2.39. The largest absolute Gasteiger partial charge is 0.390 e. The molecule has 1 N–H and O–H groups in total. The van der Waals surface area contributed by atoms with Crippen molar-refractivity contribution in [2.75, 3.05) is 0 Å². The molecule has 0 heterocycles. The zero-order chi connectivity index (χ0) is 8.60. The summed E-state index contributed by atoms with van der Waals surface area (Å²) < 4.78 is 0. The molecule has 2 heteroatoms. The molecule has 0 spiro atoms. The van der Waals surface area contributed by atoms with Gasteiger partial charge in [0.15, 0.2) is 0 Å². The van der Waals surface area contributed by atoms with E-state index in [2.05, 4.69) is 0 Å². The number of hydrogen-bond acceptors (Lipinski definition) is 1. The molecular weight excluding hydrogens is 172 g/mol. The first-order chi connectivity index (χ1) is 5.68. The van der Waals surface area contributed by atoms with Crippen LogP contribution in [0.4, 0.5) is 0 Å². The Morgan fingerprint density at radius 1 is 1.42 bits per heavy atom. The monoisotopic (exact) mass is 182 g/mol. The van der Waals surface area contributed by atoms with E-state index in [0.29, 0.717) is 0 Å². The first-order valence-corrected chi connectivity index (χ1v) is 4.53. The van der Waals surface area contributed by atoms with E-state index < -0.39 is 5.60 Å². The lowest BCUT2D eigenvalue weighted by atomic mass is 10.1. The van der Waals surface area contributed by atoms with Crippen LogP contribution in [-0.2, 0) is 6.42 Å². The van der Waals surface area contributed by atoms with Crippen molar-refractivity contribution in [3.05, 3.63) is 34.9 Å². The molecule has 12 heavy (non-hydrogen) atoms. The second-order valence-corrected chi connectivity index (χ2v) is 3.97. The fourth-order valence-electron chi connectivity index (χ4n) is 1.35. The Balaban J connectivity index is 2.12. The predicted molar refractivity (Wildman–Crippen MR) is 49.3 cm³/mol. The summed E-state index contributed by atoms with van der Waals surface area (Å²) in [6.07, 6.45) is 2.60. The minimum atomic E-state index is -0.412. The summed E-state index contributed by atoms with van der Waals surface area (Å²) in [7, 11) is 0. The average Bonchev–Trinajstić information content (AvgIpc) is 2.67. The summed E-state index contributed by atoms with van der Waals surface area (Å²) in [5.74, 6) is 0. The quantitative estimate of drug-likeness (QED) is 0.745. The molecule has 0 aliphatic heterocycles. The maximum atomic E-state index is 9.63. The van der Waals surface area contributed by atoms with E-state index in [4.69, 9.17) is 11.6 Å². The van der Waals surface area contributed by atoms with Crippen molar-refractivity contribution in [1.29, 1.82) is 0 Å². The molecule has 0 unspecified atom stereocenters. The minimum absolute atomic E-state index is 0.412. The zero-order valence-corrected chi connectivity index (χ0v) is 7.51.